The van der Waals surface area contributed by atoms with Crippen molar-refractivity contribution in [1.82, 2.24) is 0 Å². The van der Waals surface area contributed by atoms with Crippen LogP contribution in [-0.2, 0) is 61.9 Å². The molecule has 0 radical (unpaired) electrons. The number of carbonyl (C=O) groups excluding carboxylic acids is 6. The molecule has 0 N–H and O–H groups in total. The van der Waals surface area contributed by atoms with Crippen LogP contribution in [0.4, 0.5) is 0 Å². The van der Waals surface area contributed by atoms with Crippen molar-refractivity contribution >= 4 is 58.1 Å². The number of unbranched alkanes of at least 4 members (excludes halogenated alkanes) is 22. The zero-order valence-electron chi connectivity index (χ0n) is 83.5. The van der Waals surface area contributed by atoms with Crippen LogP contribution < -0.4 is 18.9 Å². The van der Waals surface area contributed by atoms with Crippen LogP contribution in [0.25, 0.3) is 22.3 Å². The van der Waals surface area contributed by atoms with Crippen molar-refractivity contribution in [3.05, 3.63) is 285 Å². The average molecular weight is 1880 g/mol. The van der Waals surface area contributed by atoms with Gasteiger partial charge in [-0.05, 0) is 125 Å². The Kier molecular flexibility index (Phi) is 58.7. The quantitative estimate of drug-likeness (QED) is 0.0112. The van der Waals surface area contributed by atoms with Crippen molar-refractivity contribution in [1.29, 1.82) is 21.0 Å². The standard InChI is InChI=1S/C33H43NO5.C32H41NO6.C27H33NO3.C25H29NO3/c1-5-6-7-8-9-10-11-15-18-30(35)38-24-33(2,3)25-39-32(36)29(23-34)31(26-16-13-12-14-17-26)27-19-21-28(37-4)22-20-27;1-3-4-5-6-7-8-9-13-16-30(34)38-23-21-37-22-24-39-32(35)29(25-33)31(26-14-11-10-12-15-26)27-17-19-28(36-2)20-18-27;1-3-4-5-6-7-8-9-13-20-31-27(29)25(21-28)26(22-14-11-10-12-15-22)23-16-18-24(30-2)19-17-23;1-4-6-10-19(5-2)18-29-25(27)23(17-26)24(20-11-8-7-9-12-20)21-13-15-22(28-3)16-14-21/h12-14,16-17,19-22H,5-11,15,18,24-25H2,1-4H3;10-12,14-15,17-20H,3-9,13,16,21-24H2,1-2H3;10-12,14-19H,3-9,13,20H2,1-2H3;7-9,11-16,19H,4-6,10,18H2,1-3H3/b31-29-;31-29+;26-25-;24-23+. The molecule has 21 nitrogen and oxygen atoms in total. The van der Waals surface area contributed by atoms with E-state index in [1.54, 1.807) is 64.8 Å². The smallest absolute Gasteiger partial charge is 0.349 e. The maximum atomic E-state index is 13.1. The molecule has 0 bridgehead atoms. The summed E-state index contributed by atoms with van der Waals surface area (Å²) in [6, 6.07) is 74.6. The first-order valence-electron chi connectivity index (χ1n) is 49.2. The molecule has 8 aromatic carbocycles. The monoisotopic (exact) mass is 1880 g/mol. The predicted molar refractivity (Wildman–Crippen MR) is 545 cm³/mol. The largest absolute Gasteiger partial charge is 0.497 e. The van der Waals surface area contributed by atoms with Gasteiger partial charge in [0.2, 0.25) is 0 Å². The normalized spacial score (nSPS) is 11.7. The van der Waals surface area contributed by atoms with Crippen LogP contribution in [0, 0.1) is 56.7 Å². The van der Waals surface area contributed by atoms with E-state index in [4.69, 9.17) is 52.1 Å². The van der Waals surface area contributed by atoms with Gasteiger partial charge in [-0.1, -0.05) is 372 Å². The molecule has 0 aliphatic heterocycles. The molecule has 8 rings (SSSR count). The van der Waals surface area contributed by atoms with E-state index in [0.29, 0.717) is 88.4 Å². The molecule has 1 unspecified atom stereocenters. The second kappa shape index (κ2) is 70.3. The number of methoxy groups -OCH3 is 4. The number of hydrogen-bond donors (Lipinski definition) is 0. The third-order valence-electron chi connectivity index (χ3n) is 22.9. The van der Waals surface area contributed by atoms with E-state index in [0.717, 1.165) is 117 Å². The molecule has 0 aromatic heterocycles. The minimum absolute atomic E-state index is 0.00668. The SMILES string of the molecule is CCCCC(CC)COC(=O)/C(C#N)=C(\c1ccccc1)c1ccc(OC)cc1.CCCCCCCCCCC(=O)OCC(C)(C)COC(=O)/C(C#N)=C(/c1ccccc1)c1ccc(OC)cc1.CCCCCCCCCCC(=O)OCCOCCOC(=O)/C(C#N)=C(\c1ccccc1)c1ccc(OC)cc1.CCCCCCCCCCOC(=O)/C(C#N)=C(/c1ccccc1)c1ccc(OC)cc1. The van der Waals surface area contributed by atoms with Crippen LogP contribution >= 0.6 is 0 Å². The molecule has 0 heterocycles. The zero-order chi connectivity index (χ0) is 100. The summed E-state index contributed by atoms with van der Waals surface area (Å²) in [5.74, 6) is 0.0519. The van der Waals surface area contributed by atoms with Crippen molar-refractivity contribution in [2.75, 3.05) is 81.3 Å². The predicted octanol–water partition coefficient (Wildman–Crippen LogP) is 26.8. The van der Waals surface area contributed by atoms with Gasteiger partial charge in [0.15, 0.2) is 0 Å². The van der Waals surface area contributed by atoms with Crippen LogP contribution in [0.5, 0.6) is 23.0 Å². The summed E-state index contributed by atoms with van der Waals surface area (Å²) < 4.78 is 59.0. The number of esters is 6. The fourth-order valence-electron chi connectivity index (χ4n) is 14.9. The number of ether oxygens (including phenoxy) is 11. The van der Waals surface area contributed by atoms with Crippen molar-refractivity contribution in [3.8, 4) is 47.3 Å². The molecule has 0 spiro atoms. The van der Waals surface area contributed by atoms with E-state index in [1.165, 1.54) is 96.3 Å². The zero-order valence-corrected chi connectivity index (χ0v) is 83.5. The first-order valence-corrected chi connectivity index (χ1v) is 49.2. The van der Waals surface area contributed by atoms with Gasteiger partial charge in [-0.25, -0.2) is 19.2 Å². The number of rotatable bonds is 59. The Bertz CT molecular complexity index is 5160. The maximum Gasteiger partial charge on any atom is 0.349 e. The van der Waals surface area contributed by atoms with Crippen LogP contribution in [0.1, 0.15) is 286 Å². The Balaban J connectivity index is 0.000000327. The summed E-state index contributed by atoms with van der Waals surface area (Å²) in [5, 5.41) is 39.4. The van der Waals surface area contributed by atoms with Crippen LogP contribution in [0.3, 0.4) is 0 Å². The molecule has 736 valence electrons. The maximum absolute atomic E-state index is 13.1. The highest BCUT2D eigenvalue weighted by atomic mass is 16.6. The van der Waals surface area contributed by atoms with Gasteiger partial charge in [0.1, 0.15) is 89.4 Å². The molecule has 1 atom stereocenters. The van der Waals surface area contributed by atoms with Crippen molar-refractivity contribution in [2.24, 2.45) is 11.3 Å². The summed E-state index contributed by atoms with van der Waals surface area (Å²) >= 11 is 0. The van der Waals surface area contributed by atoms with Gasteiger partial charge in [-0.15, -0.1) is 0 Å². The Morgan fingerprint density at radius 2 is 0.529 bits per heavy atom. The molecule has 0 aliphatic rings. The molecular formula is C117H146N4O17. The third kappa shape index (κ3) is 44.2. The molecule has 138 heavy (non-hydrogen) atoms. The summed E-state index contributed by atoms with van der Waals surface area (Å²) in [6.07, 6.45) is 33.1. The average Bonchev–Trinajstić information content (AvgIpc) is 0.827. The first-order chi connectivity index (χ1) is 67.3. The summed E-state index contributed by atoms with van der Waals surface area (Å²) in [5.41, 5.74) is 7.35. The highest BCUT2D eigenvalue weighted by molar-refractivity contribution is 6.08. The molecule has 0 saturated carbocycles. The topological polar surface area (TPSA) is 299 Å². The molecule has 0 amide bonds. The lowest BCUT2D eigenvalue weighted by Crippen LogP contribution is -2.29. The highest BCUT2D eigenvalue weighted by Gasteiger charge is 2.29. The Labute approximate surface area is 821 Å². The Morgan fingerprint density at radius 3 is 0.826 bits per heavy atom. The van der Waals surface area contributed by atoms with Crippen molar-refractivity contribution in [2.45, 2.75) is 241 Å². The van der Waals surface area contributed by atoms with E-state index in [-0.39, 0.29) is 73.9 Å². The molecular weight excluding hydrogens is 1730 g/mol. The summed E-state index contributed by atoms with van der Waals surface area (Å²) in [6.45, 7) is 15.9. The van der Waals surface area contributed by atoms with E-state index < -0.39 is 29.3 Å². The highest BCUT2D eigenvalue weighted by Crippen LogP contribution is 2.35. The van der Waals surface area contributed by atoms with Gasteiger partial charge < -0.3 is 52.1 Å². The molecule has 0 fully saturated rings. The van der Waals surface area contributed by atoms with E-state index in [9.17, 15) is 49.8 Å². The van der Waals surface area contributed by atoms with E-state index in [1.807, 2.05) is 208 Å². The first kappa shape index (κ1) is 115. The Hall–Kier alpha value is -13.3. The molecule has 8 aromatic rings. The van der Waals surface area contributed by atoms with Gasteiger partial charge in [0.05, 0.1) is 61.5 Å². The van der Waals surface area contributed by atoms with Crippen molar-refractivity contribution in [3.63, 3.8) is 0 Å². The van der Waals surface area contributed by atoms with Crippen LogP contribution in [-0.4, -0.2) is 117 Å². The van der Waals surface area contributed by atoms with Gasteiger partial charge in [-0.2, -0.15) is 21.0 Å². The molecule has 0 aliphatic carbocycles. The number of nitrogens with zero attached hydrogens (tertiary/aromatic N) is 4. The minimum atomic E-state index is -0.729. The lowest BCUT2D eigenvalue weighted by atomic mass is 9.93. The fourth-order valence-corrected chi connectivity index (χ4v) is 14.9. The Morgan fingerprint density at radius 1 is 0.275 bits per heavy atom. The van der Waals surface area contributed by atoms with Gasteiger partial charge >= 0.3 is 35.8 Å². The second-order valence-electron chi connectivity index (χ2n) is 34.3. The van der Waals surface area contributed by atoms with E-state index in [2.05, 4.69) is 46.8 Å². The molecule has 0 saturated heterocycles. The summed E-state index contributed by atoms with van der Waals surface area (Å²) in [7, 11) is 6.36. The number of hydrogen-bond acceptors (Lipinski definition) is 21. The lowest BCUT2D eigenvalue weighted by Gasteiger charge is -2.24. The van der Waals surface area contributed by atoms with Gasteiger partial charge in [0, 0.05) is 40.5 Å². The fraction of sp³-hybridized carbons (Fsp3) is 0.436. The van der Waals surface area contributed by atoms with Crippen molar-refractivity contribution < 1.29 is 80.9 Å². The van der Waals surface area contributed by atoms with E-state index >= 15 is 0 Å². The lowest BCUT2D eigenvalue weighted by molar-refractivity contribution is -0.151. The van der Waals surface area contributed by atoms with Crippen LogP contribution in [0.2, 0.25) is 0 Å². The third-order valence-corrected chi connectivity index (χ3v) is 22.9. The number of benzene rings is 8. The number of nitriles is 4. The second-order valence-corrected chi connectivity index (χ2v) is 34.3. The minimum Gasteiger partial charge on any atom is -0.497 e. The van der Waals surface area contributed by atoms with Crippen LogP contribution in [0.15, 0.2) is 241 Å². The summed E-state index contributed by atoms with van der Waals surface area (Å²) in [4.78, 5) is 75.6. The van der Waals surface area contributed by atoms with Gasteiger partial charge in [0.25, 0.3) is 0 Å². The number of carbonyl (C=O) groups is 6. The van der Waals surface area contributed by atoms with Gasteiger partial charge in [-0.3, -0.25) is 9.59 Å². The molecule has 21 heteroatoms.